The van der Waals surface area contributed by atoms with Gasteiger partial charge in [0.25, 0.3) is 0 Å². The number of piperazine rings is 1. The van der Waals surface area contributed by atoms with E-state index >= 15 is 0 Å². The number of amides is 2. The summed E-state index contributed by atoms with van der Waals surface area (Å²) in [4.78, 5) is 29.8. The minimum Gasteiger partial charge on any atom is -0.368 e. The molecule has 0 aliphatic carbocycles. The van der Waals surface area contributed by atoms with E-state index in [1.54, 1.807) is 4.90 Å². The Morgan fingerprint density at radius 2 is 1.83 bits per heavy atom. The van der Waals surface area contributed by atoms with E-state index in [-0.39, 0.29) is 24.4 Å². The number of carbonyl (C=O) groups excluding carboxylic acids is 2. The summed E-state index contributed by atoms with van der Waals surface area (Å²) in [6.45, 7) is 10.7. The quantitative estimate of drug-likeness (QED) is 0.852. The SMILES string of the molecule is CC(=O)N(CC(=O)N1CCN(c2cccc(C)c2)CC1)C(C)C. The van der Waals surface area contributed by atoms with Gasteiger partial charge >= 0.3 is 0 Å². The normalized spacial score (nSPS) is 15.0. The minimum absolute atomic E-state index is 0.0396. The van der Waals surface area contributed by atoms with Crippen molar-refractivity contribution in [3.8, 4) is 0 Å². The van der Waals surface area contributed by atoms with E-state index in [0.717, 1.165) is 13.1 Å². The number of carbonyl (C=O) groups is 2. The van der Waals surface area contributed by atoms with Crippen molar-refractivity contribution in [1.82, 2.24) is 9.80 Å². The Morgan fingerprint density at radius 1 is 1.17 bits per heavy atom. The molecule has 5 heteroatoms. The van der Waals surface area contributed by atoms with Gasteiger partial charge in [-0.3, -0.25) is 9.59 Å². The fraction of sp³-hybridized carbons (Fsp3) is 0.556. The fourth-order valence-corrected chi connectivity index (χ4v) is 2.94. The predicted octanol–water partition coefficient (Wildman–Crippen LogP) is 1.90. The molecule has 0 N–H and O–H groups in total. The summed E-state index contributed by atoms with van der Waals surface area (Å²) in [5.74, 6) is -0.00969. The lowest BCUT2D eigenvalue weighted by atomic mass is 10.2. The van der Waals surface area contributed by atoms with Gasteiger partial charge in [-0.15, -0.1) is 0 Å². The number of anilines is 1. The second-order valence-electron chi connectivity index (χ2n) is 6.45. The molecule has 1 aliphatic rings. The zero-order valence-electron chi connectivity index (χ0n) is 14.6. The number of aryl methyl sites for hydroxylation is 1. The second kappa shape index (κ2) is 7.49. The molecule has 0 saturated carbocycles. The average molecular weight is 317 g/mol. The van der Waals surface area contributed by atoms with Gasteiger partial charge in [0, 0.05) is 44.8 Å². The molecule has 0 radical (unpaired) electrons. The maximum absolute atomic E-state index is 12.4. The fourth-order valence-electron chi connectivity index (χ4n) is 2.94. The number of hydrogen-bond donors (Lipinski definition) is 0. The first-order chi connectivity index (χ1) is 10.9. The lowest BCUT2D eigenvalue weighted by molar-refractivity contribution is -0.141. The highest BCUT2D eigenvalue weighted by molar-refractivity contribution is 5.84. The molecule has 1 heterocycles. The minimum atomic E-state index is -0.0493. The van der Waals surface area contributed by atoms with Gasteiger partial charge in [-0.25, -0.2) is 0 Å². The number of nitrogens with zero attached hydrogens (tertiary/aromatic N) is 3. The van der Waals surface area contributed by atoms with E-state index in [1.807, 2.05) is 18.7 Å². The summed E-state index contributed by atoms with van der Waals surface area (Å²) in [7, 11) is 0. The van der Waals surface area contributed by atoms with Gasteiger partial charge in [0.2, 0.25) is 11.8 Å². The Labute approximate surface area is 138 Å². The van der Waals surface area contributed by atoms with Crippen LogP contribution >= 0.6 is 0 Å². The lowest BCUT2D eigenvalue weighted by Gasteiger charge is -2.37. The van der Waals surface area contributed by atoms with Crippen molar-refractivity contribution in [3.05, 3.63) is 29.8 Å². The smallest absolute Gasteiger partial charge is 0.242 e. The molecule has 1 aromatic rings. The zero-order valence-corrected chi connectivity index (χ0v) is 14.6. The van der Waals surface area contributed by atoms with E-state index in [2.05, 4.69) is 36.1 Å². The van der Waals surface area contributed by atoms with Gasteiger partial charge in [-0.1, -0.05) is 12.1 Å². The van der Waals surface area contributed by atoms with Crippen LogP contribution in [0.4, 0.5) is 5.69 Å². The Kier molecular flexibility index (Phi) is 5.64. The first kappa shape index (κ1) is 17.3. The van der Waals surface area contributed by atoms with Gasteiger partial charge in [0.15, 0.2) is 0 Å². The van der Waals surface area contributed by atoms with Gasteiger partial charge in [0.1, 0.15) is 0 Å². The molecule has 1 saturated heterocycles. The Morgan fingerprint density at radius 3 is 2.35 bits per heavy atom. The summed E-state index contributed by atoms with van der Waals surface area (Å²) in [5.41, 5.74) is 2.46. The molecule has 1 aromatic carbocycles. The third-order valence-corrected chi connectivity index (χ3v) is 4.33. The lowest BCUT2D eigenvalue weighted by Crippen LogP contribution is -2.52. The highest BCUT2D eigenvalue weighted by atomic mass is 16.2. The van der Waals surface area contributed by atoms with Crippen molar-refractivity contribution in [2.24, 2.45) is 0 Å². The van der Waals surface area contributed by atoms with Crippen LogP contribution in [0.15, 0.2) is 24.3 Å². The van der Waals surface area contributed by atoms with Crippen LogP contribution in [-0.4, -0.2) is 60.4 Å². The molecule has 0 unspecified atom stereocenters. The first-order valence-corrected chi connectivity index (χ1v) is 8.25. The van der Waals surface area contributed by atoms with Gasteiger partial charge < -0.3 is 14.7 Å². The molecule has 126 valence electrons. The van der Waals surface area contributed by atoms with Gasteiger partial charge in [-0.2, -0.15) is 0 Å². The summed E-state index contributed by atoms with van der Waals surface area (Å²) < 4.78 is 0. The summed E-state index contributed by atoms with van der Waals surface area (Å²) in [5, 5.41) is 0. The molecule has 2 rings (SSSR count). The highest BCUT2D eigenvalue weighted by Gasteiger charge is 2.24. The molecule has 23 heavy (non-hydrogen) atoms. The van der Waals surface area contributed by atoms with E-state index in [0.29, 0.717) is 13.1 Å². The van der Waals surface area contributed by atoms with Crippen molar-refractivity contribution < 1.29 is 9.59 Å². The van der Waals surface area contributed by atoms with Crippen LogP contribution in [0.1, 0.15) is 26.3 Å². The molecule has 0 spiro atoms. The van der Waals surface area contributed by atoms with Crippen LogP contribution in [0.2, 0.25) is 0 Å². The van der Waals surface area contributed by atoms with Crippen LogP contribution in [-0.2, 0) is 9.59 Å². The Bertz CT molecular complexity index is 563. The summed E-state index contributed by atoms with van der Waals surface area (Å²) in [6.07, 6.45) is 0. The zero-order chi connectivity index (χ0) is 17.0. The van der Waals surface area contributed by atoms with Gasteiger partial charge in [-0.05, 0) is 38.5 Å². The largest absolute Gasteiger partial charge is 0.368 e. The number of hydrogen-bond acceptors (Lipinski definition) is 3. The Balaban J connectivity index is 1.91. The second-order valence-corrected chi connectivity index (χ2v) is 6.45. The molecular weight excluding hydrogens is 290 g/mol. The number of rotatable bonds is 4. The van der Waals surface area contributed by atoms with Crippen molar-refractivity contribution in [1.29, 1.82) is 0 Å². The third kappa shape index (κ3) is 4.47. The van der Waals surface area contributed by atoms with E-state index < -0.39 is 0 Å². The Hall–Kier alpha value is -2.04. The van der Waals surface area contributed by atoms with Crippen LogP contribution in [0.5, 0.6) is 0 Å². The van der Waals surface area contributed by atoms with Gasteiger partial charge in [0.05, 0.1) is 6.54 Å². The van der Waals surface area contributed by atoms with E-state index in [9.17, 15) is 9.59 Å². The van der Waals surface area contributed by atoms with Crippen molar-refractivity contribution in [2.75, 3.05) is 37.6 Å². The van der Waals surface area contributed by atoms with E-state index in [4.69, 9.17) is 0 Å². The molecule has 0 atom stereocenters. The molecule has 0 bridgehead atoms. The van der Waals surface area contributed by atoms with Crippen LogP contribution in [0.25, 0.3) is 0 Å². The highest BCUT2D eigenvalue weighted by Crippen LogP contribution is 2.18. The maximum Gasteiger partial charge on any atom is 0.242 e. The van der Waals surface area contributed by atoms with Crippen LogP contribution in [0, 0.1) is 6.92 Å². The van der Waals surface area contributed by atoms with Crippen LogP contribution < -0.4 is 4.90 Å². The molecule has 2 amide bonds. The van der Waals surface area contributed by atoms with E-state index in [1.165, 1.54) is 18.2 Å². The maximum atomic E-state index is 12.4. The standard InChI is InChI=1S/C18H27N3O2/c1-14(2)21(16(4)22)13-18(23)20-10-8-19(9-11-20)17-7-5-6-15(3)12-17/h5-7,12,14H,8-11,13H2,1-4H3. The molecule has 0 aromatic heterocycles. The molecule has 1 aliphatic heterocycles. The summed E-state index contributed by atoms with van der Waals surface area (Å²) in [6, 6.07) is 8.49. The topological polar surface area (TPSA) is 43.9 Å². The predicted molar refractivity (Wildman–Crippen MR) is 92.5 cm³/mol. The molecule has 5 nitrogen and oxygen atoms in total. The molecule has 1 fully saturated rings. The van der Waals surface area contributed by atoms with Crippen LogP contribution in [0.3, 0.4) is 0 Å². The summed E-state index contributed by atoms with van der Waals surface area (Å²) >= 11 is 0. The average Bonchev–Trinajstić information content (AvgIpc) is 2.52. The first-order valence-electron chi connectivity index (χ1n) is 8.25. The van der Waals surface area contributed by atoms with Crippen molar-refractivity contribution in [2.45, 2.75) is 33.7 Å². The number of benzene rings is 1. The van der Waals surface area contributed by atoms with Crippen molar-refractivity contribution >= 4 is 17.5 Å². The van der Waals surface area contributed by atoms with Crippen molar-refractivity contribution in [3.63, 3.8) is 0 Å². The molecular formula is C18H27N3O2. The third-order valence-electron chi connectivity index (χ3n) is 4.33. The monoisotopic (exact) mass is 317 g/mol.